The third-order valence-electron chi connectivity index (χ3n) is 1.89. The van der Waals surface area contributed by atoms with E-state index in [0.29, 0.717) is 11.8 Å². The van der Waals surface area contributed by atoms with Crippen LogP contribution in [0.4, 0.5) is 0 Å². The highest BCUT2D eigenvalue weighted by Crippen LogP contribution is 2.19. The first-order valence-corrected chi connectivity index (χ1v) is 5.57. The first-order chi connectivity index (χ1) is 7.29. The van der Waals surface area contributed by atoms with Crippen LogP contribution in [-0.4, -0.2) is 28.8 Å². The van der Waals surface area contributed by atoms with Crippen molar-refractivity contribution < 1.29 is 4.42 Å². The molecule has 1 N–H and O–H groups in total. The van der Waals surface area contributed by atoms with E-state index in [1.54, 1.807) is 11.3 Å². The maximum atomic E-state index is 5.47. The molecule has 2 aromatic heterocycles. The molecular formula is C9H12N4OS. The van der Waals surface area contributed by atoms with Crippen LogP contribution in [0.3, 0.4) is 0 Å². The van der Waals surface area contributed by atoms with Gasteiger partial charge in [0.15, 0.2) is 0 Å². The van der Waals surface area contributed by atoms with Gasteiger partial charge in [0, 0.05) is 18.3 Å². The van der Waals surface area contributed by atoms with Crippen molar-refractivity contribution in [3.63, 3.8) is 0 Å². The number of aryl methyl sites for hydroxylation is 1. The number of rotatable bonds is 4. The lowest BCUT2D eigenvalue weighted by atomic mass is 10.4. The third kappa shape index (κ3) is 2.40. The van der Waals surface area contributed by atoms with Gasteiger partial charge in [-0.1, -0.05) is 0 Å². The molecule has 80 valence electrons. The second-order valence-corrected chi connectivity index (χ2v) is 4.17. The highest BCUT2D eigenvalue weighted by molar-refractivity contribution is 7.09. The molecule has 0 aromatic carbocycles. The summed E-state index contributed by atoms with van der Waals surface area (Å²) in [6, 6.07) is 0. The number of thiazole rings is 1. The fraction of sp³-hybridized carbons (Fsp3) is 0.444. The Morgan fingerprint density at radius 2 is 2.33 bits per heavy atom. The molecule has 0 aliphatic carbocycles. The second kappa shape index (κ2) is 4.50. The number of aromatic nitrogens is 3. The lowest BCUT2D eigenvalue weighted by molar-refractivity contribution is 0.499. The van der Waals surface area contributed by atoms with Crippen molar-refractivity contribution in [3.8, 4) is 11.6 Å². The van der Waals surface area contributed by atoms with Crippen molar-refractivity contribution in [2.24, 2.45) is 0 Å². The first-order valence-electron chi connectivity index (χ1n) is 4.69. The van der Waals surface area contributed by atoms with E-state index in [4.69, 9.17) is 4.42 Å². The molecule has 2 rings (SSSR count). The average Bonchev–Trinajstić information content (AvgIpc) is 2.83. The Bertz CT molecular complexity index is 437. The number of nitrogens with one attached hydrogen (secondary N) is 1. The van der Waals surface area contributed by atoms with Crippen LogP contribution in [0.15, 0.2) is 9.80 Å². The molecule has 0 atom stereocenters. The van der Waals surface area contributed by atoms with Crippen molar-refractivity contribution in [1.29, 1.82) is 0 Å². The van der Waals surface area contributed by atoms with Crippen LogP contribution in [0.2, 0.25) is 0 Å². The Kier molecular flexibility index (Phi) is 3.08. The topological polar surface area (TPSA) is 63.8 Å². The third-order valence-corrected chi connectivity index (χ3v) is 2.67. The van der Waals surface area contributed by atoms with E-state index in [-0.39, 0.29) is 0 Å². The molecule has 0 spiro atoms. The van der Waals surface area contributed by atoms with Gasteiger partial charge in [-0.2, -0.15) is 0 Å². The maximum absolute atomic E-state index is 5.47. The van der Waals surface area contributed by atoms with Crippen LogP contribution in [0.5, 0.6) is 0 Å². The zero-order valence-corrected chi connectivity index (χ0v) is 9.47. The van der Waals surface area contributed by atoms with E-state index in [0.717, 1.165) is 23.7 Å². The van der Waals surface area contributed by atoms with Gasteiger partial charge in [0.1, 0.15) is 5.69 Å². The summed E-state index contributed by atoms with van der Waals surface area (Å²) >= 11 is 1.58. The lowest BCUT2D eigenvalue weighted by Gasteiger charge is -1.91. The molecule has 5 nitrogen and oxygen atoms in total. The van der Waals surface area contributed by atoms with E-state index >= 15 is 0 Å². The maximum Gasteiger partial charge on any atom is 0.267 e. The quantitative estimate of drug-likeness (QED) is 0.847. The summed E-state index contributed by atoms with van der Waals surface area (Å²) in [7, 11) is 1.89. The molecule has 0 fully saturated rings. The van der Waals surface area contributed by atoms with Gasteiger partial charge in [0.05, 0.1) is 5.01 Å². The van der Waals surface area contributed by atoms with Gasteiger partial charge in [0.2, 0.25) is 5.89 Å². The van der Waals surface area contributed by atoms with Crippen molar-refractivity contribution >= 4 is 11.3 Å². The Labute approximate surface area is 91.6 Å². The lowest BCUT2D eigenvalue weighted by Crippen LogP contribution is -2.10. The molecule has 0 bridgehead atoms. The number of hydrogen-bond donors (Lipinski definition) is 1. The minimum absolute atomic E-state index is 0.505. The molecule has 0 amide bonds. The summed E-state index contributed by atoms with van der Waals surface area (Å²) < 4.78 is 5.47. The van der Waals surface area contributed by atoms with E-state index in [2.05, 4.69) is 20.5 Å². The summed E-state index contributed by atoms with van der Waals surface area (Å²) in [4.78, 5) is 4.28. The minimum Gasteiger partial charge on any atom is -0.419 e. The van der Waals surface area contributed by atoms with Crippen molar-refractivity contribution in [1.82, 2.24) is 20.5 Å². The van der Waals surface area contributed by atoms with Crippen molar-refractivity contribution in [2.45, 2.75) is 13.3 Å². The van der Waals surface area contributed by atoms with Gasteiger partial charge in [-0.25, -0.2) is 4.98 Å². The van der Waals surface area contributed by atoms with Gasteiger partial charge in [-0.15, -0.1) is 21.5 Å². The van der Waals surface area contributed by atoms with Crippen LogP contribution in [0.25, 0.3) is 11.6 Å². The van der Waals surface area contributed by atoms with Crippen LogP contribution in [0.1, 0.15) is 10.9 Å². The minimum atomic E-state index is 0.505. The van der Waals surface area contributed by atoms with Crippen LogP contribution >= 0.6 is 11.3 Å². The molecule has 0 saturated carbocycles. The summed E-state index contributed by atoms with van der Waals surface area (Å²) in [5, 5.41) is 13.8. The Morgan fingerprint density at radius 1 is 1.47 bits per heavy atom. The second-order valence-electron chi connectivity index (χ2n) is 3.11. The zero-order valence-electron chi connectivity index (χ0n) is 8.65. The van der Waals surface area contributed by atoms with Gasteiger partial charge < -0.3 is 9.73 Å². The van der Waals surface area contributed by atoms with Gasteiger partial charge in [0.25, 0.3) is 5.89 Å². The first kappa shape index (κ1) is 10.3. The van der Waals surface area contributed by atoms with Crippen LogP contribution < -0.4 is 5.32 Å². The molecule has 2 heterocycles. The Balaban J connectivity index is 2.13. The molecule has 0 aliphatic heterocycles. The van der Waals surface area contributed by atoms with Crippen LogP contribution in [0, 0.1) is 6.92 Å². The fourth-order valence-corrected chi connectivity index (χ4v) is 1.74. The summed E-state index contributed by atoms with van der Waals surface area (Å²) in [6.07, 6.45) is 0.743. The summed E-state index contributed by atoms with van der Waals surface area (Å²) in [6.45, 7) is 2.78. The number of hydrogen-bond acceptors (Lipinski definition) is 6. The SMILES string of the molecule is CNCCc1nnc(-c2csc(C)n2)o1. The van der Waals surface area contributed by atoms with Crippen molar-refractivity contribution in [2.75, 3.05) is 13.6 Å². The molecular weight excluding hydrogens is 212 g/mol. The fourth-order valence-electron chi connectivity index (χ4n) is 1.15. The predicted octanol–water partition coefficient (Wildman–Crippen LogP) is 1.26. The highest BCUT2D eigenvalue weighted by Gasteiger charge is 2.10. The van der Waals surface area contributed by atoms with E-state index < -0.39 is 0 Å². The van der Waals surface area contributed by atoms with Gasteiger partial charge in [-0.05, 0) is 14.0 Å². The molecule has 0 aliphatic rings. The number of nitrogens with zero attached hydrogens (tertiary/aromatic N) is 3. The average molecular weight is 224 g/mol. The van der Waals surface area contributed by atoms with E-state index in [1.807, 2.05) is 19.4 Å². The van der Waals surface area contributed by atoms with Gasteiger partial charge >= 0.3 is 0 Å². The Morgan fingerprint density at radius 3 is 3.00 bits per heavy atom. The predicted molar refractivity (Wildman–Crippen MR) is 57.8 cm³/mol. The molecule has 2 aromatic rings. The molecule has 0 saturated heterocycles. The largest absolute Gasteiger partial charge is 0.419 e. The smallest absolute Gasteiger partial charge is 0.267 e. The summed E-state index contributed by atoms with van der Waals surface area (Å²) in [5.41, 5.74) is 0.765. The van der Waals surface area contributed by atoms with E-state index in [1.165, 1.54) is 0 Å². The van der Waals surface area contributed by atoms with E-state index in [9.17, 15) is 0 Å². The molecule has 6 heteroatoms. The van der Waals surface area contributed by atoms with Gasteiger partial charge in [-0.3, -0.25) is 0 Å². The normalized spacial score (nSPS) is 10.8. The molecule has 0 unspecified atom stereocenters. The molecule has 15 heavy (non-hydrogen) atoms. The zero-order chi connectivity index (χ0) is 10.7. The monoisotopic (exact) mass is 224 g/mol. The molecule has 0 radical (unpaired) electrons. The van der Waals surface area contributed by atoms with Crippen molar-refractivity contribution in [3.05, 3.63) is 16.3 Å². The van der Waals surface area contributed by atoms with Crippen LogP contribution in [-0.2, 0) is 6.42 Å². The Hall–Kier alpha value is -1.27. The highest BCUT2D eigenvalue weighted by atomic mass is 32.1. The standard InChI is InChI=1S/C9H12N4OS/c1-6-11-7(5-15-6)9-13-12-8(14-9)3-4-10-2/h5,10H,3-4H2,1-2H3. The number of likely N-dealkylation sites (N-methyl/N-ethyl adjacent to an activating group) is 1. The summed E-state index contributed by atoms with van der Waals surface area (Å²) in [5.74, 6) is 1.15.